The number of rotatable bonds is 9. The van der Waals surface area contributed by atoms with E-state index in [4.69, 9.17) is 10.3 Å². The summed E-state index contributed by atoms with van der Waals surface area (Å²) in [6.45, 7) is 5.20. The van der Waals surface area contributed by atoms with Gasteiger partial charge in [-0.3, -0.25) is 0 Å². The highest BCUT2D eigenvalue weighted by Gasteiger charge is 2.48. The molecule has 2 aliphatic carbocycles. The maximum Gasteiger partial charge on any atom is 0.127 e. The lowest BCUT2D eigenvalue weighted by Gasteiger charge is -2.49. The average Bonchev–Trinajstić information content (AvgIpc) is 3.27. The van der Waals surface area contributed by atoms with Gasteiger partial charge in [0.25, 0.3) is 0 Å². The molecule has 2 N–H and O–H groups in total. The molecule has 3 atom stereocenters. The van der Waals surface area contributed by atoms with E-state index in [2.05, 4.69) is 29.9 Å². The number of aliphatic hydroxyl groups is 1. The fourth-order valence-corrected chi connectivity index (χ4v) is 7.09. The highest BCUT2D eigenvalue weighted by molar-refractivity contribution is 5.53. The Hall–Kier alpha value is -1.91. The van der Waals surface area contributed by atoms with Gasteiger partial charge in [0.15, 0.2) is 0 Å². The van der Waals surface area contributed by atoms with Crippen LogP contribution in [0.15, 0.2) is 17.2 Å². The predicted molar refractivity (Wildman–Crippen MR) is 131 cm³/mol. The van der Waals surface area contributed by atoms with Crippen molar-refractivity contribution < 1.29 is 14.9 Å². The lowest BCUT2D eigenvalue weighted by atomic mass is 9.63. The molecule has 1 aliphatic heterocycles. The minimum atomic E-state index is -0.266. The summed E-state index contributed by atoms with van der Waals surface area (Å²) in [7, 11) is 0. The monoisotopic (exact) mass is 455 g/mol. The zero-order valence-corrected chi connectivity index (χ0v) is 20.4. The molecule has 33 heavy (non-hydrogen) atoms. The van der Waals surface area contributed by atoms with Crippen LogP contribution >= 0.6 is 0 Å². The molecule has 0 saturated heterocycles. The Bertz CT molecular complexity index is 872. The van der Waals surface area contributed by atoms with Gasteiger partial charge >= 0.3 is 0 Å². The number of aliphatic hydroxyl groups excluding tert-OH is 1. The van der Waals surface area contributed by atoms with Gasteiger partial charge in [-0.2, -0.15) is 0 Å². The second kappa shape index (κ2) is 10.1. The van der Waals surface area contributed by atoms with Gasteiger partial charge in [-0.1, -0.05) is 37.2 Å². The molecule has 1 aromatic carbocycles. The van der Waals surface area contributed by atoms with Gasteiger partial charge < -0.3 is 14.9 Å². The number of phenols is 1. The van der Waals surface area contributed by atoms with Crippen LogP contribution in [0.4, 0.5) is 0 Å². The number of hydrogen-bond donors (Lipinski definition) is 2. The van der Waals surface area contributed by atoms with Crippen LogP contribution in [0, 0.1) is 11.8 Å². The molecule has 2 fully saturated rings. The molecule has 0 radical (unpaired) electrons. The van der Waals surface area contributed by atoms with Crippen molar-refractivity contribution >= 4 is 0 Å². The molecule has 6 nitrogen and oxygen atoms in total. The molecule has 1 heterocycles. The Kier molecular flexibility index (Phi) is 7.45. The first kappa shape index (κ1) is 24.2. The lowest BCUT2D eigenvalue weighted by Crippen LogP contribution is -2.47. The fraction of sp³-hybridized carbons (Fsp3) is 0.778. The minimum Gasteiger partial charge on any atom is -0.508 e. The maximum absolute atomic E-state index is 11.3. The third-order valence-electron chi connectivity index (χ3n) is 8.87. The van der Waals surface area contributed by atoms with Gasteiger partial charge in [-0.15, -0.1) is 0 Å². The largest absolute Gasteiger partial charge is 0.508 e. The molecule has 0 spiro atoms. The molecule has 3 aliphatic rings. The van der Waals surface area contributed by atoms with Crippen molar-refractivity contribution in [2.45, 2.75) is 108 Å². The van der Waals surface area contributed by atoms with E-state index >= 15 is 0 Å². The molecular weight excluding hydrogens is 414 g/mol. The minimum absolute atomic E-state index is 0.127. The number of unbranched alkanes of at least 4 members (excludes halogenated alkanes) is 3. The Morgan fingerprint density at radius 3 is 2.61 bits per heavy atom. The third kappa shape index (κ3) is 4.97. The second-order valence-corrected chi connectivity index (χ2v) is 11.3. The van der Waals surface area contributed by atoms with Crippen molar-refractivity contribution in [2.24, 2.45) is 17.0 Å². The van der Waals surface area contributed by atoms with Crippen LogP contribution in [-0.2, 0) is 5.41 Å². The van der Waals surface area contributed by atoms with Crippen molar-refractivity contribution in [2.75, 3.05) is 13.2 Å². The van der Waals surface area contributed by atoms with Crippen molar-refractivity contribution in [3.63, 3.8) is 0 Å². The van der Waals surface area contributed by atoms with Crippen molar-refractivity contribution in [1.29, 1.82) is 0 Å². The van der Waals surface area contributed by atoms with E-state index in [1.54, 1.807) is 0 Å². The number of azide groups is 1. The zero-order valence-electron chi connectivity index (χ0n) is 20.4. The molecule has 182 valence electrons. The predicted octanol–water partition coefficient (Wildman–Crippen LogP) is 7.13. The summed E-state index contributed by atoms with van der Waals surface area (Å²) < 4.78 is 6.60. The third-order valence-corrected chi connectivity index (χ3v) is 8.87. The van der Waals surface area contributed by atoms with E-state index in [0.29, 0.717) is 24.1 Å². The van der Waals surface area contributed by atoms with Crippen LogP contribution in [0.3, 0.4) is 0 Å². The normalized spacial score (nSPS) is 27.2. The van der Waals surface area contributed by atoms with Crippen LogP contribution in [0.2, 0.25) is 0 Å². The lowest BCUT2D eigenvalue weighted by molar-refractivity contribution is -0.0211. The first-order chi connectivity index (χ1) is 15.9. The fourth-order valence-electron chi connectivity index (χ4n) is 7.09. The average molecular weight is 456 g/mol. The van der Waals surface area contributed by atoms with Gasteiger partial charge in [0.2, 0.25) is 0 Å². The van der Waals surface area contributed by atoms with Crippen molar-refractivity contribution in [3.8, 4) is 11.5 Å². The second-order valence-electron chi connectivity index (χ2n) is 11.3. The van der Waals surface area contributed by atoms with Gasteiger partial charge in [-0.05, 0) is 99.3 Å². The SMILES string of the molecule is CC1(C)Oc2cc(C3(CCCCCCN=[N+]=[N-])CCCC3)cc(O)c2[C@@H]2C[C@H](CO)CC[C@H]21. The van der Waals surface area contributed by atoms with Crippen LogP contribution < -0.4 is 4.74 Å². The summed E-state index contributed by atoms with van der Waals surface area (Å²) in [6, 6.07) is 4.30. The van der Waals surface area contributed by atoms with Gasteiger partial charge in [0.05, 0.1) is 0 Å². The smallest absolute Gasteiger partial charge is 0.127 e. The molecule has 6 heteroatoms. The van der Waals surface area contributed by atoms with Crippen LogP contribution in [0.25, 0.3) is 10.4 Å². The van der Waals surface area contributed by atoms with Crippen molar-refractivity contribution in [1.82, 2.24) is 0 Å². The Labute approximate surface area is 198 Å². The number of ether oxygens (including phenoxy) is 1. The standard InChI is InChI=1S/C27H41N3O3/c1-26(2)22-10-9-19(18-31)15-21(22)25-23(32)16-20(17-24(25)33-26)27(12-6-7-13-27)11-5-3-4-8-14-29-30-28/h16-17,19,21-22,31-32H,3-15,18H2,1-2H3/t19-,21-,22-/m1/s1. The number of benzene rings is 1. The molecule has 0 unspecified atom stereocenters. The highest BCUT2D eigenvalue weighted by Crippen LogP contribution is 2.57. The van der Waals surface area contributed by atoms with E-state index in [0.717, 1.165) is 62.7 Å². The van der Waals surface area contributed by atoms with E-state index in [1.807, 2.05) is 6.07 Å². The van der Waals surface area contributed by atoms with Gasteiger partial charge in [0.1, 0.15) is 17.1 Å². The van der Waals surface area contributed by atoms with E-state index in [-0.39, 0.29) is 23.5 Å². The first-order valence-corrected chi connectivity index (χ1v) is 13.1. The van der Waals surface area contributed by atoms with E-state index < -0.39 is 0 Å². The Morgan fingerprint density at radius 1 is 1.12 bits per heavy atom. The Balaban J connectivity index is 1.56. The number of aromatic hydroxyl groups is 1. The van der Waals surface area contributed by atoms with Crippen molar-refractivity contribution in [3.05, 3.63) is 33.7 Å². The molecule has 2 saturated carbocycles. The van der Waals surface area contributed by atoms with Gasteiger partial charge in [-0.25, -0.2) is 0 Å². The van der Waals surface area contributed by atoms with E-state index in [1.165, 1.54) is 31.2 Å². The molecular formula is C27H41N3O3. The number of fused-ring (bicyclic) bond motifs is 3. The van der Waals surface area contributed by atoms with Crippen LogP contribution in [0.5, 0.6) is 11.5 Å². The maximum atomic E-state index is 11.3. The molecule has 1 aromatic rings. The topological polar surface area (TPSA) is 98.5 Å². The summed E-state index contributed by atoms with van der Waals surface area (Å²) in [6.07, 6.45) is 13.3. The molecule has 0 aromatic heterocycles. The highest BCUT2D eigenvalue weighted by atomic mass is 16.5. The zero-order chi connectivity index (χ0) is 23.5. The summed E-state index contributed by atoms with van der Waals surface area (Å²) in [4.78, 5) is 2.83. The summed E-state index contributed by atoms with van der Waals surface area (Å²) in [5, 5.41) is 24.7. The van der Waals surface area contributed by atoms with E-state index in [9.17, 15) is 10.2 Å². The summed E-state index contributed by atoms with van der Waals surface area (Å²) >= 11 is 0. The number of hydrogen-bond acceptors (Lipinski definition) is 4. The Morgan fingerprint density at radius 2 is 1.88 bits per heavy atom. The number of phenolic OH excluding ortho intramolecular Hbond substituents is 1. The summed E-state index contributed by atoms with van der Waals surface area (Å²) in [5.41, 5.74) is 10.5. The molecule has 4 rings (SSSR count). The first-order valence-electron chi connectivity index (χ1n) is 13.1. The molecule has 0 bridgehead atoms. The van der Waals surface area contributed by atoms with Crippen LogP contribution in [0.1, 0.15) is 108 Å². The quantitative estimate of drug-likeness (QED) is 0.179. The molecule has 0 amide bonds. The van der Waals surface area contributed by atoms with Gasteiger partial charge in [0, 0.05) is 29.5 Å². The van der Waals surface area contributed by atoms with Crippen LogP contribution in [-0.4, -0.2) is 29.0 Å². The summed E-state index contributed by atoms with van der Waals surface area (Å²) in [5.74, 6) is 2.20. The number of nitrogens with zero attached hydrogens (tertiary/aromatic N) is 3.